The molecule has 0 fully saturated rings. The van der Waals surface area contributed by atoms with E-state index in [0.29, 0.717) is 22.5 Å². The van der Waals surface area contributed by atoms with Crippen LogP contribution in [0, 0.1) is 11.3 Å². The van der Waals surface area contributed by atoms with Crippen LogP contribution in [0.4, 0.5) is 5.69 Å². The summed E-state index contributed by atoms with van der Waals surface area (Å²) in [4.78, 5) is 33.9. The van der Waals surface area contributed by atoms with Gasteiger partial charge in [0.25, 0.3) is 5.91 Å². The molecule has 0 saturated heterocycles. The smallest absolute Gasteiger partial charge is 0.304 e. The molecule has 2 atom stereocenters. The second-order valence-electron chi connectivity index (χ2n) is 7.28. The molecular weight excluding hydrogens is 420 g/mol. The Bertz CT molecular complexity index is 1220. The van der Waals surface area contributed by atoms with Gasteiger partial charge in [-0.05, 0) is 30.3 Å². The van der Waals surface area contributed by atoms with Gasteiger partial charge in [0.05, 0.1) is 5.70 Å². The summed E-state index contributed by atoms with van der Waals surface area (Å²) < 4.78 is 5.49. The zero-order valence-electron chi connectivity index (χ0n) is 17.7. The van der Waals surface area contributed by atoms with E-state index in [2.05, 4.69) is 21.9 Å². The number of hydrogen-bond acceptors (Lipinski definition) is 7. The van der Waals surface area contributed by atoms with E-state index >= 15 is 0 Å². The molecule has 33 heavy (non-hydrogen) atoms. The van der Waals surface area contributed by atoms with Crippen molar-refractivity contribution in [3.8, 4) is 6.07 Å². The summed E-state index contributed by atoms with van der Waals surface area (Å²) in [5, 5.41) is 12.8. The van der Waals surface area contributed by atoms with Gasteiger partial charge in [0.1, 0.15) is 6.07 Å². The molecule has 1 aromatic heterocycles. The lowest BCUT2D eigenvalue weighted by atomic mass is 9.87. The van der Waals surface area contributed by atoms with Crippen molar-refractivity contribution in [2.24, 2.45) is 0 Å². The van der Waals surface area contributed by atoms with Gasteiger partial charge in [-0.15, -0.1) is 0 Å². The largest absolute Gasteiger partial charge is 0.435 e. The quantitative estimate of drug-likeness (QED) is 0.566. The normalized spacial score (nSPS) is 16.5. The number of anilines is 1. The molecule has 0 spiro atoms. The lowest BCUT2D eigenvalue weighted by molar-refractivity contribution is -0.149. The number of carbonyl (C=O) groups is 2. The van der Waals surface area contributed by atoms with Crippen molar-refractivity contribution in [3.63, 3.8) is 0 Å². The Morgan fingerprint density at radius 2 is 1.82 bits per heavy atom. The molecule has 1 aliphatic rings. The number of aromatic nitrogens is 1. The first-order chi connectivity index (χ1) is 16.0. The highest BCUT2D eigenvalue weighted by Gasteiger charge is 2.38. The van der Waals surface area contributed by atoms with Crippen LogP contribution >= 0.6 is 0 Å². The summed E-state index contributed by atoms with van der Waals surface area (Å²) in [6, 6.07) is 21.1. The van der Waals surface area contributed by atoms with E-state index in [1.54, 1.807) is 73.1 Å². The van der Waals surface area contributed by atoms with Crippen molar-refractivity contribution in [2.75, 3.05) is 5.32 Å². The van der Waals surface area contributed by atoms with Crippen LogP contribution in [0.15, 0.2) is 85.2 Å². The summed E-state index contributed by atoms with van der Waals surface area (Å²) >= 11 is 0. The van der Waals surface area contributed by atoms with Crippen molar-refractivity contribution in [1.29, 1.82) is 5.26 Å². The van der Waals surface area contributed by atoms with Crippen LogP contribution in [0.25, 0.3) is 5.70 Å². The van der Waals surface area contributed by atoms with Crippen LogP contribution in [0.1, 0.15) is 23.6 Å². The minimum Gasteiger partial charge on any atom is -0.435 e. The fourth-order valence-electron chi connectivity index (χ4n) is 3.48. The zero-order valence-corrected chi connectivity index (χ0v) is 17.7. The molecule has 0 saturated carbocycles. The SMILES string of the molecule is CC(=O)OC(C#N)(c1ccccc1)c1ccc(NC(=O)C2C=C(c3cccnc3)NO2)cc1. The molecule has 0 radical (unpaired) electrons. The van der Waals surface area contributed by atoms with Gasteiger partial charge >= 0.3 is 5.97 Å². The molecule has 8 nitrogen and oxygen atoms in total. The van der Waals surface area contributed by atoms with E-state index in [-0.39, 0.29) is 5.91 Å². The molecular formula is C25H20N4O4. The summed E-state index contributed by atoms with van der Waals surface area (Å²) in [6.07, 6.45) is 4.16. The van der Waals surface area contributed by atoms with Gasteiger partial charge in [-0.1, -0.05) is 42.5 Å². The molecule has 3 aromatic rings. The topological polar surface area (TPSA) is 113 Å². The zero-order chi connectivity index (χ0) is 23.3. The van der Waals surface area contributed by atoms with Crippen molar-refractivity contribution in [2.45, 2.75) is 18.6 Å². The molecule has 164 valence electrons. The van der Waals surface area contributed by atoms with E-state index < -0.39 is 17.7 Å². The van der Waals surface area contributed by atoms with E-state index in [0.717, 1.165) is 5.56 Å². The maximum Gasteiger partial charge on any atom is 0.304 e. The third kappa shape index (κ3) is 4.59. The predicted octanol–water partition coefficient (Wildman–Crippen LogP) is 3.29. The average Bonchev–Trinajstić information content (AvgIpc) is 3.35. The maximum atomic E-state index is 12.6. The van der Waals surface area contributed by atoms with E-state index in [1.165, 1.54) is 6.92 Å². The second-order valence-corrected chi connectivity index (χ2v) is 7.28. The fourth-order valence-corrected chi connectivity index (χ4v) is 3.48. The molecule has 4 rings (SSSR count). The monoisotopic (exact) mass is 440 g/mol. The number of amides is 1. The maximum absolute atomic E-state index is 12.6. The average molecular weight is 440 g/mol. The summed E-state index contributed by atoms with van der Waals surface area (Å²) in [7, 11) is 0. The van der Waals surface area contributed by atoms with E-state index in [4.69, 9.17) is 9.57 Å². The first-order valence-corrected chi connectivity index (χ1v) is 10.1. The number of ether oxygens (including phenoxy) is 1. The van der Waals surface area contributed by atoms with E-state index in [1.807, 2.05) is 12.1 Å². The second kappa shape index (κ2) is 9.34. The Balaban J connectivity index is 1.53. The highest BCUT2D eigenvalue weighted by Crippen LogP contribution is 2.34. The summed E-state index contributed by atoms with van der Waals surface area (Å²) in [5.74, 6) is -0.955. The number of benzene rings is 2. The van der Waals surface area contributed by atoms with Crippen molar-refractivity contribution >= 4 is 23.3 Å². The Hall–Kier alpha value is -4.48. The minimum absolute atomic E-state index is 0.372. The lowest BCUT2D eigenvalue weighted by Gasteiger charge is -2.27. The van der Waals surface area contributed by atoms with E-state index in [9.17, 15) is 14.9 Å². The number of esters is 1. The Labute approximate surface area is 190 Å². The van der Waals surface area contributed by atoms with Gasteiger partial charge in [-0.25, -0.2) is 0 Å². The Morgan fingerprint density at radius 3 is 2.45 bits per heavy atom. The standard InChI is InChI=1S/C25H20N4O4/c1-17(30)32-25(16-26,19-7-3-2-4-8-19)20-9-11-21(12-10-20)28-24(31)23-14-22(29-33-23)18-6-5-13-27-15-18/h2-15,23,29H,1H3,(H,28,31). The third-order valence-electron chi connectivity index (χ3n) is 5.04. The number of pyridine rings is 1. The van der Waals surface area contributed by atoms with Gasteiger partial charge in [-0.3, -0.25) is 24.9 Å². The van der Waals surface area contributed by atoms with Crippen LogP contribution in [0.2, 0.25) is 0 Å². The van der Waals surface area contributed by atoms with Gasteiger partial charge in [0.2, 0.25) is 5.60 Å². The van der Waals surface area contributed by atoms with Crippen molar-refractivity contribution < 1.29 is 19.2 Å². The highest BCUT2D eigenvalue weighted by molar-refractivity contribution is 5.97. The number of nitrogens with one attached hydrogen (secondary N) is 2. The van der Waals surface area contributed by atoms with Crippen LogP contribution in [-0.2, 0) is 24.8 Å². The molecule has 1 aliphatic heterocycles. The predicted molar refractivity (Wildman–Crippen MR) is 120 cm³/mol. The van der Waals surface area contributed by atoms with Gasteiger partial charge in [0.15, 0.2) is 6.10 Å². The third-order valence-corrected chi connectivity index (χ3v) is 5.04. The van der Waals surface area contributed by atoms with Crippen LogP contribution in [0.3, 0.4) is 0 Å². The number of hydroxylamine groups is 1. The van der Waals surface area contributed by atoms with Crippen LogP contribution in [-0.4, -0.2) is 23.0 Å². The molecule has 2 N–H and O–H groups in total. The minimum atomic E-state index is -1.60. The van der Waals surface area contributed by atoms with Crippen molar-refractivity contribution in [3.05, 3.63) is 102 Å². The van der Waals surface area contributed by atoms with Gasteiger partial charge in [-0.2, -0.15) is 5.26 Å². The fraction of sp³-hybridized carbons (Fsp3) is 0.120. The van der Waals surface area contributed by atoms with Crippen LogP contribution in [0.5, 0.6) is 0 Å². The van der Waals surface area contributed by atoms with Crippen molar-refractivity contribution in [1.82, 2.24) is 10.5 Å². The Kier molecular flexibility index (Phi) is 6.15. The molecule has 2 unspecified atom stereocenters. The molecule has 8 heteroatoms. The van der Waals surface area contributed by atoms with Crippen LogP contribution < -0.4 is 10.8 Å². The molecule has 2 heterocycles. The summed E-state index contributed by atoms with van der Waals surface area (Å²) in [5.41, 5.74) is 4.08. The number of nitrogens with zero attached hydrogens (tertiary/aromatic N) is 2. The first kappa shape index (κ1) is 21.7. The number of carbonyl (C=O) groups excluding carboxylic acids is 2. The van der Waals surface area contributed by atoms with Gasteiger partial charge < -0.3 is 10.1 Å². The number of hydrogen-bond donors (Lipinski definition) is 2. The molecule has 0 aliphatic carbocycles. The number of rotatable bonds is 6. The molecule has 1 amide bonds. The Morgan fingerprint density at radius 1 is 1.09 bits per heavy atom. The molecule has 2 aromatic carbocycles. The summed E-state index contributed by atoms with van der Waals surface area (Å²) in [6.45, 7) is 1.26. The lowest BCUT2D eigenvalue weighted by Crippen LogP contribution is -2.31. The van der Waals surface area contributed by atoms with Gasteiger partial charge in [0, 0.05) is 41.7 Å². The highest BCUT2D eigenvalue weighted by atomic mass is 16.7. The molecule has 0 bridgehead atoms. The number of nitriles is 1. The first-order valence-electron chi connectivity index (χ1n) is 10.1.